The van der Waals surface area contributed by atoms with Crippen molar-refractivity contribution >= 4 is 11.6 Å². The Balaban J connectivity index is 2.06. The largest absolute Gasteiger partial charge is 0.494 e. The molecule has 0 aliphatic rings. The van der Waals surface area contributed by atoms with Gasteiger partial charge in [0.2, 0.25) is 0 Å². The molecule has 0 saturated carbocycles. The van der Waals surface area contributed by atoms with Gasteiger partial charge in [0.15, 0.2) is 0 Å². The normalized spacial score (nSPS) is 11.1. The van der Waals surface area contributed by atoms with Crippen LogP contribution in [0.5, 0.6) is 5.75 Å². The maximum absolute atomic E-state index is 12.1. The molecule has 0 spiro atoms. The van der Waals surface area contributed by atoms with Crippen molar-refractivity contribution in [3.05, 3.63) is 65.7 Å². The first-order valence-corrected chi connectivity index (χ1v) is 7.39. The number of amides is 1. The molecule has 1 N–H and O–H groups in total. The standard InChI is InChI=1S/C18H20N2O2/c1-3-17(14-8-6-5-7-9-14)19-20-18(21)15-10-12-16(13-11-15)22-4-2/h5-13H,3-4H2,1-2H3,(H,20,21)/b19-17+. The minimum atomic E-state index is -0.232. The van der Waals surface area contributed by atoms with Crippen LogP contribution in [0.15, 0.2) is 59.7 Å². The molecule has 2 rings (SSSR count). The Hall–Kier alpha value is -2.62. The zero-order valence-corrected chi connectivity index (χ0v) is 12.9. The molecule has 114 valence electrons. The van der Waals surface area contributed by atoms with Crippen LogP contribution in [0.3, 0.4) is 0 Å². The Morgan fingerprint density at radius 2 is 1.68 bits per heavy atom. The number of hydrogen-bond donors (Lipinski definition) is 1. The van der Waals surface area contributed by atoms with E-state index in [1.54, 1.807) is 24.3 Å². The molecule has 22 heavy (non-hydrogen) atoms. The van der Waals surface area contributed by atoms with Gasteiger partial charge < -0.3 is 4.74 Å². The number of ether oxygens (including phenoxy) is 1. The first-order chi connectivity index (χ1) is 10.7. The van der Waals surface area contributed by atoms with Gasteiger partial charge in [-0.2, -0.15) is 5.10 Å². The van der Waals surface area contributed by atoms with Crippen LogP contribution in [0.4, 0.5) is 0 Å². The summed E-state index contributed by atoms with van der Waals surface area (Å²) >= 11 is 0. The number of carbonyl (C=O) groups excluding carboxylic acids is 1. The van der Waals surface area contributed by atoms with E-state index in [-0.39, 0.29) is 5.91 Å². The Morgan fingerprint density at radius 3 is 2.27 bits per heavy atom. The predicted molar refractivity (Wildman–Crippen MR) is 88.3 cm³/mol. The van der Waals surface area contributed by atoms with Crippen LogP contribution < -0.4 is 10.2 Å². The number of rotatable bonds is 6. The van der Waals surface area contributed by atoms with Crippen molar-refractivity contribution < 1.29 is 9.53 Å². The van der Waals surface area contributed by atoms with Crippen LogP contribution >= 0.6 is 0 Å². The van der Waals surface area contributed by atoms with Crippen molar-refractivity contribution in [3.8, 4) is 5.75 Å². The van der Waals surface area contributed by atoms with Crippen LogP contribution in [0.2, 0.25) is 0 Å². The topological polar surface area (TPSA) is 50.7 Å². The van der Waals surface area contributed by atoms with Gasteiger partial charge in [0, 0.05) is 5.56 Å². The van der Waals surface area contributed by atoms with Crippen molar-refractivity contribution in [2.75, 3.05) is 6.61 Å². The summed E-state index contributed by atoms with van der Waals surface area (Å²) in [6, 6.07) is 16.8. The first kappa shape index (κ1) is 15.8. The van der Waals surface area contributed by atoms with Gasteiger partial charge >= 0.3 is 0 Å². The smallest absolute Gasteiger partial charge is 0.271 e. The molecule has 0 aliphatic carbocycles. The second-order valence-electron chi connectivity index (χ2n) is 4.68. The Bertz CT molecular complexity index is 634. The van der Waals surface area contributed by atoms with Crippen LogP contribution in [0.1, 0.15) is 36.2 Å². The fraction of sp³-hybridized carbons (Fsp3) is 0.222. The van der Waals surface area contributed by atoms with Crippen molar-refractivity contribution in [2.45, 2.75) is 20.3 Å². The van der Waals surface area contributed by atoms with Crippen molar-refractivity contribution in [2.24, 2.45) is 5.10 Å². The van der Waals surface area contributed by atoms with Gasteiger partial charge in [-0.1, -0.05) is 37.3 Å². The van der Waals surface area contributed by atoms with Crippen molar-refractivity contribution in [1.29, 1.82) is 0 Å². The summed E-state index contributed by atoms with van der Waals surface area (Å²) in [5.41, 5.74) is 5.02. The average molecular weight is 296 g/mol. The summed E-state index contributed by atoms with van der Waals surface area (Å²) in [5, 5.41) is 4.23. The molecular weight excluding hydrogens is 276 g/mol. The van der Waals surface area contributed by atoms with E-state index in [0.717, 1.165) is 23.4 Å². The third-order valence-electron chi connectivity index (χ3n) is 3.16. The van der Waals surface area contributed by atoms with E-state index in [2.05, 4.69) is 10.5 Å². The van der Waals surface area contributed by atoms with Crippen LogP contribution in [0.25, 0.3) is 0 Å². The maximum Gasteiger partial charge on any atom is 0.271 e. The van der Waals surface area contributed by atoms with Gasteiger partial charge in [-0.25, -0.2) is 5.43 Å². The van der Waals surface area contributed by atoms with E-state index in [1.807, 2.05) is 44.2 Å². The average Bonchev–Trinajstić information content (AvgIpc) is 2.57. The Morgan fingerprint density at radius 1 is 1.00 bits per heavy atom. The Labute approximate surface area is 130 Å². The SMILES string of the molecule is CCOc1ccc(C(=O)N/N=C(\CC)c2ccccc2)cc1. The summed E-state index contributed by atoms with van der Waals surface area (Å²) in [6.45, 7) is 4.53. The fourth-order valence-electron chi connectivity index (χ4n) is 2.03. The van der Waals surface area contributed by atoms with E-state index in [0.29, 0.717) is 12.2 Å². The third-order valence-corrected chi connectivity index (χ3v) is 3.16. The molecule has 0 unspecified atom stereocenters. The number of hydrazone groups is 1. The highest BCUT2D eigenvalue weighted by Crippen LogP contribution is 2.12. The second-order valence-corrected chi connectivity index (χ2v) is 4.68. The van der Waals surface area contributed by atoms with E-state index in [4.69, 9.17) is 4.74 Å². The summed E-state index contributed by atoms with van der Waals surface area (Å²) in [7, 11) is 0. The molecule has 0 heterocycles. The Kier molecular flexibility index (Phi) is 5.72. The second kappa shape index (κ2) is 7.98. The highest BCUT2D eigenvalue weighted by molar-refractivity contribution is 6.02. The maximum atomic E-state index is 12.1. The molecule has 0 saturated heterocycles. The van der Waals surface area contributed by atoms with Gasteiger partial charge in [-0.15, -0.1) is 0 Å². The van der Waals surface area contributed by atoms with E-state index in [1.165, 1.54) is 0 Å². The molecule has 0 radical (unpaired) electrons. The zero-order chi connectivity index (χ0) is 15.8. The highest BCUT2D eigenvalue weighted by atomic mass is 16.5. The lowest BCUT2D eigenvalue weighted by atomic mass is 10.1. The van der Waals surface area contributed by atoms with Crippen molar-refractivity contribution in [1.82, 2.24) is 5.43 Å². The molecule has 0 aliphatic heterocycles. The lowest BCUT2D eigenvalue weighted by molar-refractivity contribution is 0.0955. The van der Waals surface area contributed by atoms with E-state index >= 15 is 0 Å². The zero-order valence-electron chi connectivity index (χ0n) is 12.9. The summed E-state index contributed by atoms with van der Waals surface area (Å²) in [6.07, 6.45) is 0.744. The lowest BCUT2D eigenvalue weighted by Gasteiger charge is -2.06. The molecule has 2 aromatic rings. The van der Waals surface area contributed by atoms with Crippen molar-refractivity contribution in [3.63, 3.8) is 0 Å². The molecule has 4 nitrogen and oxygen atoms in total. The number of carbonyl (C=O) groups is 1. The fourth-order valence-corrected chi connectivity index (χ4v) is 2.03. The third kappa shape index (κ3) is 4.19. The van der Waals surface area contributed by atoms with Gasteiger partial charge in [0.1, 0.15) is 5.75 Å². The first-order valence-electron chi connectivity index (χ1n) is 7.39. The predicted octanol–water partition coefficient (Wildman–Crippen LogP) is 3.63. The van der Waals surface area contributed by atoms with Gasteiger partial charge in [-0.05, 0) is 43.2 Å². The monoisotopic (exact) mass is 296 g/mol. The number of nitrogens with one attached hydrogen (secondary N) is 1. The lowest BCUT2D eigenvalue weighted by Crippen LogP contribution is -2.19. The highest BCUT2D eigenvalue weighted by Gasteiger charge is 2.06. The molecule has 0 aromatic heterocycles. The molecule has 2 aromatic carbocycles. The van der Waals surface area contributed by atoms with Gasteiger partial charge in [0.25, 0.3) is 5.91 Å². The van der Waals surface area contributed by atoms with Crippen LogP contribution in [0, 0.1) is 0 Å². The molecule has 4 heteroatoms. The number of hydrogen-bond acceptors (Lipinski definition) is 3. The molecule has 0 fully saturated rings. The number of nitrogens with zero attached hydrogens (tertiary/aromatic N) is 1. The molecule has 1 amide bonds. The number of benzene rings is 2. The van der Waals surface area contributed by atoms with Gasteiger partial charge in [-0.3, -0.25) is 4.79 Å². The van der Waals surface area contributed by atoms with Crippen LogP contribution in [-0.4, -0.2) is 18.2 Å². The summed E-state index contributed by atoms with van der Waals surface area (Å²) < 4.78 is 5.35. The van der Waals surface area contributed by atoms with Crippen LogP contribution in [-0.2, 0) is 0 Å². The minimum absolute atomic E-state index is 0.232. The molecule has 0 bridgehead atoms. The van der Waals surface area contributed by atoms with Gasteiger partial charge in [0.05, 0.1) is 12.3 Å². The molecule has 0 atom stereocenters. The molecular formula is C18H20N2O2. The summed E-state index contributed by atoms with van der Waals surface area (Å²) in [4.78, 5) is 12.1. The summed E-state index contributed by atoms with van der Waals surface area (Å²) in [5.74, 6) is 0.519. The quantitative estimate of drug-likeness (QED) is 0.653. The van der Waals surface area contributed by atoms with E-state index in [9.17, 15) is 4.79 Å². The minimum Gasteiger partial charge on any atom is -0.494 e. The van der Waals surface area contributed by atoms with E-state index < -0.39 is 0 Å².